The van der Waals surface area contributed by atoms with E-state index in [4.69, 9.17) is 11.5 Å². The van der Waals surface area contributed by atoms with Gasteiger partial charge in [-0.3, -0.25) is 0 Å². The van der Waals surface area contributed by atoms with Crippen LogP contribution in [-0.2, 0) is 0 Å². The van der Waals surface area contributed by atoms with Gasteiger partial charge in [0.15, 0.2) is 0 Å². The Kier molecular flexibility index (Phi) is 3.35. The van der Waals surface area contributed by atoms with Crippen molar-refractivity contribution < 1.29 is 0 Å². The molecule has 0 saturated carbocycles. The monoisotopic (exact) mass is 188 g/mol. The summed E-state index contributed by atoms with van der Waals surface area (Å²) in [6, 6.07) is 5.58. The summed E-state index contributed by atoms with van der Waals surface area (Å²) < 4.78 is 0. The highest BCUT2D eigenvalue weighted by molar-refractivity contribution is 5.82. The third-order valence-corrected chi connectivity index (χ3v) is 2.04. The molecule has 74 valence electrons. The summed E-state index contributed by atoms with van der Waals surface area (Å²) in [6.45, 7) is 3.97. The molecule has 0 aliphatic carbocycles. The molecular formula is C12H16N2. The summed E-state index contributed by atoms with van der Waals surface area (Å²) >= 11 is 0. The fourth-order valence-electron chi connectivity index (χ4n) is 1.37. The molecule has 0 radical (unpaired) electrons. The highest BCUT2D eigenvalue weighted by atomic mass is 14.6. The van der Waals surface area contributed by atoms with E-state index in [9.17, 15) is 0 Å². The van der Waals surface area contributed by atoms with Gasteiger partial charge in [0.05, 0.1) is 0 Å². The fourth-order valence-corrected chi connectivity index (χ4v) is 1.37. The minimum absolute atomic E-state index is 0.696. The van der Waals surface area contributed by atoms with Crippen molar-refractivity contribution >= 4 is 16.9 Å². The Balaban J connectivity index is 3.18. The number of hydrogen-bond acceptors (Lipinski definition) is 2. The molecule has 0 spiro atoms. The largest absolute Gasteiger partial charge is 0.399 e. The van der Waals surface area contributed by atoms with Crippen LogP contribution in [0.5, 0.6) is 0 Å². The van der Waals surface area contributed by atoms with Crippen LogP contribution < -0.4 is 11.5 Å². The smallest absolute Gasteiger partial charge is 0.0414 e. The van der Waals surface area contributed by atoms with E-state index in [1.165, 1.54) is 0 Å². The van der Waals surface area contributed by atoms with Crippen molar-refractivity contribution in [2.24, 2.45) is 0 Å². The molecule has 1 rings (SSSR count). The van der Waals surface area contributed by atoms with Gasteiger partial charge in [0.25, 0.3) is 0 Å². The number of hydrogen-bond donors (Lipinski definition) is 2. The second kappa shape index (κ2) is 4.51. The Bertz CT molecular complexity index is 376. The lowest BCUT2D eigenvalue weighted by Crippen LogP contribution is -1.95. The van der Waals surface area contributed by atoms with Gasteiger partial charge in [0.2, 0.25) is 0 Å². The van der Waals surface area contributed by atoms with E-state index in [0.29, 0.717) is 5.69 Å². The molecule has 1 aromatic rings. The lowest BCUT2D eigenvalue weighted by atomic mass is 10.0. The SMILES string of the molecule is C/C=C\C(=C/C)c1ccc(N)cc1N. The number of anilines is 2. The van der Waals surface area contributed by atoms with Gasteiger partial charge in [-0.15, -0.1) is 0 Å². The molecule has 0 aliphatic rings. The fraction of sp³-hybridized carbons (Fsp3) is 0.167. The lowest BCUT2D eigenvalue weighted by molar-refractivity contribution is 1.57. The number of benzene rings is 1. The maximum absolute atomic E-state index is 5.87. The average Bonchev–Trinajstić information content (AvgIpc) is 2.15. The Hall–Kier alpha value is -1.70. The van der Waals surface area contributed by atoms with Crippen molar-refractivity contribution in [2.75, 3.05) is 11.5 Å². The molecule has 0 saturated heterocycles. The Morgan fingerprint density at radius 2 is 1.93 bits per heavy atom. The van der Waals surface area contributed by atoms with Crippen LogP contribution in [-0.4, -0.2) is 0 Å². The highest BCUT2D eigenvalue weighted by Gasteiger charge is 2.01. The molecule has 14 heavy (non-hydrogen) atoms. The van der Waals surface area contributed by atoms with E-state index in [2.05, 4.69) is 0 Å². The minimum Gasteiger partial charge on any atom is -0.399 e. The number of nitrogen functional groups attached to an aromatic ring is 2. The van der Waals surface area contributed by atoms with Gasteiger partial charge in [0.1, 0.15) is 0 Å². The van der Waals surface area contributed by atoms with E-state index < -0.39 is 0 Å². The van der Waals surface area contributed by atoms with Crippen LogP contribution >= 0.6 is 0 Å². The number of allylic oxidation sites excluding steroid dienone is 4. The zero-order chi connectivity index (χ0) is 10.6. The van der Waals surface area contributed by atoms with Crippen molar-refractivity contribution in [2.45, 2.75) is 13.8 Å². The first-order chi connectivity index (χ1) is 6.69. The molecule has 0 heterocycles. The van der Waals surface area contributed by atoms with Crippen molar-refractivity contribution in [3.8, 4) is 0 Å². The second-order valence-electron chi connectivity index (χ2n) is 3.09. The van der Waals surface area contributed by atoms with Crippen LogP contribution in [0.1, 0.15) is 19.4 Å². The predicted octanol–water partition coefficient (Wildman–Crippen LogP) is 2.83. The van der Waals surface area contributed by atoms with Crippen LogP contribution in [0.15, 0.2) is 36.4 Å². The van der Waals surface area contributed by atoms with Crippen LogP contribution in [0, 0.1) is 0 Å². The number of rotatable bonds is 2. The van der Waals surface area contributed by atoms with Gasteiger partial charge in [-0.2, -0.15) is 0 Å². The Morgan fingerprint density at radius 3 is 2.43 bits per heavy atom. The van der Waals surface area contributed by atoms with Gasteiger partial charge < -0.3 is 11.5 Å². The van der Waals surface area contributed by atoms with E-state index in [-0.39, 0.29) is 0 Å². The third kappa shape index (κ3) is 2.16. The van der Waals surface area contributed by atoms with Gasteiger partial charge in [0, 0.05) is 16.9 Å². The van der Waals surface area contributed by atoms with E-state index in [1.54, 1.807) is 6.07 Å². The van der Waals surface area contributed by atoms with Crippen LogP contribution in [0.3, 0.4) is 0 Å². The van der Waals surface area contributed by atoms with Gasteiger partial charge in [-0.05, 0) is 31.6 Å². The first-order valence-electron chi connectivity index (χ1n) is 4.63. The zero-order valence-electron chi connectivity index (χ0n) is 8.62. The molecule has 1 aromatic carbocycles. The summed E-state index contributed by atoms with van der Waals surface area (Å²) in [4.78, 5) is 0. The topological polar surface area (TPSA) is 52.0 Å². The summed E-state index contributed by atoms with van der Waals surface area (Å²) in [5.41, 5.74) is 15.1. The quantitative estimate of drug-likeness (QED) is 0.554. The first kappa shape index (κ1) is 10.4. The molecule has 0 atom stereocenters. The van der Waals surface area contributed by atoms with Crippen LogP contribution in [0.2, 0.25) is 0 Å². The molecular weight excluding hydrogens is 172 g/mol. The highest BCUT2D eigenvalue weighted by Crippen LogP contribution is 2.24. The molecule has 0 unspecified atom stereocenters. The summed E-state index contributed by atoms with van der Waals surface area (Å²) in [7, 11) is 0. The standard InChI is InChI=1S/C12H16N2/c1-3-5-9(4-2)11-7-6-10(13)8-12(11)14/h3-8H,13-14H2,1-2H3/b5-3-,9-4+. The molecule has 0 bridgehead atoms. The predicted molar refractivity (Wildman–Crippen MR) is 63.7 cm³/mol. The summed E-state index contributed by atoms with van der Waals surface area (Å²) in [5, 5.41) is 0. The summed E-state index contributed by atoms with van der Waals surface area (Å²) in [6.07, 6.45) is 6.05. The minimum atomic E-state index is 0.696. The normalized spacial score (nSPS) is 12.3. The lowest BCUT2D eigenvalue weighted by Gasteiger charge is -2.06. The van der Waals surface area contributed by atoms with Gasteiger partial charge in [-0.25, -0.2) is 0 Å². The van der Waals surface area contributed by atoms with Crippen molar-refractivity contribution in [3.63, 3.8) is 0 Å². The molecule has 4 N–H and O–H groups in total. The number of nitrogens with two attached hydrogens (primary N) is 2. The van der Waals surface area contributed by atoms with E-state index >= 15 is 0 Å². The van der Waals surface area contributed by atoms with Crippen molar-refractivity contribution in [1.29, 1.82) is 0 Å². The van der Waals surface area contributed by atoms with E-state index in [1.807, 2.05) is 44.2 Å². The molecule has 2 heteroatoms. The molecule has 0 amide bonds. The average molecular weight is 188 g/mol. The van der Waals surface area contributed by atoms with Crippen LogP contribution in [0.25, 0.3) is 5.57 Å². The zero-order valence-corrected chi connectivity index (χ0v) is 8.62. The first-order valence-corrected chi connectivity index (χ1v) is 4.63. The molecule has 0 aromatic heterocycles. The third-order valence-electron chi connectivity index (χ3n) is 2.04. The van der Waals surface area contributed by atoms with Gasteiger partial charge >= 0.3 is 0 Å². The summed E-state index contributed by atoms with van der Waals surface area (Å²) in [5.74, 6) is 0. The van der Waals surface area contributed by atoms with Crippen molar-refractivity contribution in [3.05, 3.63) is 42.0 Å². The Labute approximate surface area is 84.9 Å². The van der Waals surface area contributed by atoms with Gasteiger partial charge in [-0.1, -0.05) is 24.3 Å². The molecule has 0 fully saturated rings. The molecule has 0 aliphatic heterocycles. The second-order valence-corrected chi connectivity index (χ2v) is 3.09. The van der Waals surface area contributed by atoms with Crippen molar-refractivity contribution in [1.82, 2.24) is 0 Å². The Morgan fingerprint density at radius 1 is 1.21 bits per heavy atom. The van der Waals surface area contributed by atoms with Crippen LogP contribution in [0.4, 0.5) is 11.4 Å². The molecule has 2 nitrogen and oxygen atoms in total. The maximum Gasteiger partial charge on any atom is 0.0414 e. The maximum atomic E-state index is 5.87. The van der Waals surface area contributed by atoms with E-state index in [0.717, 1.165) is 16.8 Å².